The molecule has 0 aliphatic carbocycles. The molecule has 0 bridgehead atoms. The first-order valence-corrected chi connectivity index (χ1v) is 11.1. The van der Waals surface area contributed by atoms with E-state index >= 15 is 0 Å². The number of hydrogen-bond donors (Lipinski definition) is 0. The van der Waals surface area contributed by atoms with Gasteiger partial charge >= 0.3 is 11.9 Å². The molecule has 0 aliphatic rings. The molecule has 0 spiro atoms. The van der Waals surface area contributed by atoms with Crippen LogP contribution < -0.4 is 4.74 Å². The number of carbonyl (C=O) groups excluding carboxylic acids is 2. The standard InChI is InChI=1S/C26H31O5Si/c1-18(32)26(5,6)31-24(28)22-16-21(29-17-19-10-8-7-9-11-19)14-12-20(22)13-15-23(27)30-25(2,3)4/h7-16,18H,17H2,1-6H3. The molecular formula is C26H31O5Si. The minimum Gasteiger partial charge on any atom is -0.489 e. The highest BCUT2D eigenvalue weighted by atomic mass is 28.1. The van der Waals surface area contributed by atoms with E-state index in [0.717, 1.165) is 5.56 Å². The van der Waals surface area contributed by atoms with Crippen LogP contribution in [-0.4, -0.2) is 33.4 Å². The van der Waals surface area contributed by atoms with Gasteiger partial charge in [-0.3, -0.25) is 0 Å². The quantitative estimate of drug-likeness (QED) is 0.300. The van der Waals surface area contributed by atoms with Crippen LogP contribution in [0.2, 0.25) is 5.54 Å². The van der Waals surface area contributed by atoms with Gasteiger partial charge in [-0.15, -0.1) is 0 Å². The summed E-state index contributed by atoms with van der Waals surface area (Å²) < 4.78 is 16.9. The van der Waals surface area contributed by atoms with E-state index in [1.165, 1.54) is 6.08 Å². The maximum atomic E-state index is 13.0. The third kappa shape index (κ3) is 8.00. The van der Waals surface area contributed by atoms with Crippen LogP contribution in [0.4, 0.5) is 0 Å². The lowest BCUT2D eigenvalue weighted by atomic mass is 10.0. The lowest BCUT2D eigenvalue weighted by molar-refractivity contribution is -0.148. The van der Waals surface area contributed by atoms with Crippen molar-refractivity contribution in [1.82, 2.24) is 0 Å². The van der Waals surface area contributed by atoms with Gasteiger partial charge in [-0.2, -0.15) is 0 Å². The van der Waals surface area contributed by atoms with Crippen LogP contribution in [0.5, 0.6) is 5.75 Å². The van der Waals surface area contributed by atoms with Gasteiger partial charge in [-0.1, -0.05) is 43.3 Å². The van der Waals surface area contributed by atoms with E-state index in [1.54, 1.807) is 45.0 Å². The number of ether oxygens (including phenoxy) is 3. The first kappa shape index (κ1) is 25.4. The molecule has 0 saturated carbocycles. The molecule has 6 heteroatoms. The van der Waals surface area contributed by atoms with E-state index in [2.05, 4.69) is 10.2 Å². The molecule has 2 rings (SSSR count). The fraction of sp³-hybridized carbons (Fsp3) is 0.385. The van der Waals surface area contributed by atoms with Crippen LogP contribution in [0.3, 0.4) is 0 Å². The van der Waals surface area contributed by atoms with Crippen molar-refractivity contribution >= 4 is 28.3 Å². The minimum atomic E-state index is -0.735. The third-order valence-corrected chi connectivity index (χ3v) is 5.39. The van der Waals surface area contributed by atoms with Gasteiger partial charge in [0, 0.05) is 16.3 Å². The van der Waals surface area contributed by atoms with Gasteiger partial charge in [-0.25, -0.2) is 9.59 Å². The maximum absolute atomic E-state index is 13.0. The summed E-state index contributed by atoms with van der Waals surface area (Å²) in [5.41, 5.74) is 0.445. The molecule has 2 aromatic rings. The molecule has 0 aliphatic heterocycles. The van der Waals surface area contributed by atoms with E-state index in [4.69, 9.17) is 14.2 Å². The predicted octanol–water partition coefficient (Wildman–Crippen LogP) is 5.53. The Morgan fingerprint density at radius 3 is 2.25 bits per heavy atom. The second-order valence-corrected chi connectivity index (χ2v) is 9.97. The van der Waals surface area contributed by atoms with Crippen LogP contribution >= 0.6 is 0 Å². The molecule has 1 unspecified atom stereocenters. The second-order valence-electron chi connectivity index (χ2n) is 9.10. The number of benzene rings is 2. The molecule has 0 saturated heterocycles. The Morgan fingerprint density at radius 1 is 1.00 bits per heavy atom. The van der Waals surface area contributed by atoms with Crippen molar-refractivity contribution in [3.63, 3.8) is 0 Å². The fourth-order valence-corrected chi connectivity index (χ4v) is 2.62. The zero-order valence-electron chi connectivity index (χ0n) is 19.6. The Kier molecular flexibility index (Phi) is 8.44. The smallest absolute Gasteiger partial charge is 0.339 e. The first-order valence-electron chi connectivity index (χ1n) is 10.5. The van der Waals surface area contributed by atoms with Crippen molar-refractivity contribution in [3.8, 4) is 5.75 Å². The van der Waals surface area contributed by atoms with Crippen molar-refractivity contribution in [2.45, 2.75) is 64.9 Å². The minimum absolute atomic E-state index is 0.0651. The molecular weight excluding hydrogens is 420 g/mol. The molecule has 0 heterocycles. The van der Waals surface area contributed by atoms with Crippen LogP contribution in [0.25, 0.3) is 6.08 Å². The van der Waals surface area contributed by atoms with Gasteiger partial charge in [0.2, 0.25) is 0 Å². The summed E-state index contributed by atoms with van der Waals surface area (Å²) in [6, 6.07) is 14.9. The Morgan fingerprint density at radius 2 is 1.66 bits per heavy atom. The largest absolute Gasteiger partial charge is 0.489 e. The normalized spacial score (nSPS) is 13.0. The zero-order chi connectivity index (χ0) is 23.9. The SMILES string of the molecule is CC([Si])C(C)(C)OC(=O)c1cc(OCc2ccccc2)ccc1C=CC(=O)OC(C)(C)C. The number of rotatable bonds is 8. The van der Waals surface area contributed by atoms with Gasteiger partial charge in [0.05, 0.1) is 5.56 Å². The monoisotopic (exact) mass is 451 g/mol. The molecule has 3 radical (unpaired) electrons. The molecule has 0 N–H and O–H groups in total. The average molecular weight is 452 g/mol. The third-order valence-electron chi connectivity index (χ3n) is 4.70. The van der Waals surface area contributed by atoms with Gasteiger partial charge < -0.3 is 14.2 Å². The number of carbonyl (C=O) groups is 2. The van der Waals surface area contributed by atoms with Gasteiger partial charge in [0.1, 0.15) is 23.6 Å². The predicted molar refractivity (Wildman–Crippen MR) is 127 cm³/mol. The lowest BCUT2D eigenvalue weighted by Gasteiger charge is -2.29. The first-order chi connectivity index (χ1) is 14.9. The Labute approximate surface area is 194 Å². The highest BCUT2D eigenvalue weighted by Gasteiger charge is 2.28. The molecule has 1 atom stereocenters. The highest BCUT2D eigenvalue weighted by Crippen LogP contribution is 2.27. The Balaban J connectivity index is 2.30. The van der Waals surface area contributed by atoms with Crippen molar-refractivity contribution in [1.29, 1.82) is 0 Å². The number of hydrogen-bond acceptors (Lipinski definition) is 5. The summed E-state index contributed by atoms with van der Waals surface area (Å²) in [6.07, 6.45) is 2.86. The van der Waals surface area contributed by atoms with Gasteiger partial charge in [-0.05, 0) is 69.5 Å². The highest BCUT2D eigenvalue weighted by molar-refractivity contribution is 6.12. The van der Waals surface area contributed by atoms with Gasteiger partial charge in [0.15, 0.2) is 0 Å². The molecule has 5 nitrogen and oxygen atoms in total. The Hall–Kier alpha value is -2.86. The van der Waals surface area contributed by atoms with Crippen LogP contribution in [0.15, 0.2) is 54.6 Å². The molecule has 0 amide bonds. The van der Waals surface area contributed by atoms with E-state index < -0.39 is 23.1 Å². The summed E-state index contributed by atoms with van der Waals surface area (Å²) in [5, 5.41) is 0. The average Bonchev–Trinajstić information content (AvgIpc) is 2.70. The zero-order valence-corrected chi connectivity index (χ0v) is 20.6. The van der Waals surface area contributed by atoms with Crippen LogP contribution in [0.1, 0.15) is 63.0 Å². The molecule has 32 heavy (non-hydrogen) atoms. The Bertz CT molecular complexity index is 956. The molecule has 0 fully saturated rings. The summed E-state index contributed by atoms with van der Waals surface area (Å²) in [6.45, 7) is 11.3. The molecule has 2 aromatic carbocycles. The van der Waals surface area contributed by atoms with E-state index in [1.807, 2.05) is 51.1 Å². The fourth-order valence-electron chi connectivity index (χ4n) is 2.56. The van der Waals surface area contributed by atoms with E-state index in [-0.39, 0.29) is 5.54 Å². The molecule has 169 valence electrons. The van der Waals surface area contributed by atoms with Crippen LogP contribution in [-0.2, 0) is 20.9 Å². The van der Waals surface area contributed by atoms with Crippen molar-refractivity contribution in [2.75, 3.05) is 0 Å². The maximum Gasteiger partial charge on any atom is 0.339 e. The summed E-state index contributed by atoms with van der Waals surface area (Å²) in [7, 11) is 3.54. The van der Waals surface area contributed by atoms with Crippen LogP contribution in [0, 0.1) is 0 Å². The number of esters is 2. The van der Waals surface area contributed by atoms with Crippen molar-refractivity contribution in [3.05, 3.63) is 71.3 Å². The molecule has 0 aromatic heterocycles. The topological polar surface area (TPSA) is 61.8 Å². The van der Waals surface area contributed by atoms with E-state index in [9.17, 15) is 9.59 Å². The summed E-state index contributed by atoms with van der Waals surface area (Å²) in [4.78, 5) is 25.1. The second kappa shape index (κ2) is 10.6. The van der Waals surface area contributed by atoms with Gasteiger partial charge in [0.25, 0.3) is 0 Å². The van der Waals surface area contributed by atoms with Crippen molar-refractivity contribution < 1.29 is 23.8 Å². The lowest BCUT2D eigenvalue weighted by Crippen LogP contribution is -2.32. The van der Waals surface area contributed by atoms with E-state index in [0.29, 0.717) is 23.5 Å². The summed E-state index contributed by atoms with van der Waals surface area (Å²) >= 11 is 0. The summed E-state index contributed by atoms with van der Waals surface area (Å²) in [5.74, 6) is -0.469. The van der Waals surface area contributed by atoms with Crippen molar-refractivity contribution in [2.24, 2.45) is 0 Å².